The molecule has 1 heterocycles. The van der Waals surface area contributed by atoms with Gasteiger partial charge in [-0.3, -0.25) is 20.0 Å². The Balaban J connectivity index is 1.58. The highest BCUT2D eigenvalue weighted by molar-refractivity contribution is 5.91. The molecule has 1 aromatic rings. The fraction of sp³-hybridized carbons (Fsp3) is 0.733. The van der Waals surface area contributed by atoms with E-state index in [0.717, 1.165) is 25.7 Å². The van der Waals surface area contributed by atoms with Crippen molar-refractivity contribution in [2.75, 3.05) is 12.4 Å². The molecule has 0 aromatic carbocycles. The van der Waals surface area contributed by atoms with Gasteiger partial charge in [0.15, 0.2) is 0 Å². The van der Waals surface area contributed by atoms with Crippen LogP contribution in [0.4, 0.5) is 5.95 Å². The summed E-state index contributed by atoms with van der Waals surface area (Å²) in [5.41, 5.74) is 6.26. The van der Waals surface area contributed by atoms with Crippen molar-refractivity contribution in [1.29, 1.82) is 0 Å². The van der Waals surface area contributed by atoms with E-state index in [9.17, 15) is 9.59 Å². The number of H-pyrrole nitrogens is 1. The largest absolute Gasteiger partial charge is 0.469 e. The van der Waals surface area contributed by atoms with Gasteiger partial charge in [0.1, 0.15) is 12.2 Å². The van der Waals surface area contributed by atoms with Crippen LogP contribution in [-0.4, -0.2) is 40.2 Å². The summed E-state index contributed by atoms with van der Waals surface area (Å²) in [7, 11) is 1.31. The van der Waals surface area contributed by atoms with E-state index < -0.39 is 5.97 Å². The Kier molecular flexibility index (Phi) is 4.61. The third-order valence-corrected chi connectivity index (χ3v) is 5.09. The molecular weight excluding hydrogens is 298 g/mol. The Labute approximate surface area is 134 Å². The molecule has 23 heavy (non-hydrogen) atoms. The topological polar surface area (TPSA) is 123 Å². The fourth-order valence-corrected chi connectivity index (χ4v) is 3.85. The van der Waals surface area contributed by atoms with E-state index in [2.05, 4.69) is 25.2 Å². The van der Waals surface area contributed by atoms with Crippen LogP contribution in [0, 0.1) is 17.8 Å². The molecule has 8 nitrogen and oxygen atoms in total. The van der Waals surface area contributed by atoms with E-state index in [1.807, 2.05) is 0 Å². The maximum absolute atomic E-state index is 12.5. The SMILES string of the molecule is COC(=O)Cc1nc(NC(=O)C2CC3CCCC(C2)C3N)n[nH]1. The highest BCUT2D eigenvalue weighted by Gasteiger charge is 2.40. The highest BCUT2D eigenvalue weighted by Crippen LogP contribution is 2.42. The molecule has 3 rings (SSSR count). The van der Waals surface area contributed by atoms with Crippen molar-refractivity contribution in [3.05, 3.63) is 5.82 Å². The zero-order chi connectivity index (χ0) is 16.4. The molecule has 1 amide bonds. The van der Waals surface area contributed by atoms with Crippen molar-refractivity contribution in [3.8, 4) is 0 Å². The summed E-state index contributed by atoms with van der Waals surface area (Å²) in [6, 6.07) is 0.239. The summed E-state index contributed by atoms with van der Waals surface area (Å²) in [5, 5.41) is 9.30. The minimum Gasteiger partial charge on any atom is -0.469 e. The van der Waals surface area contributed by atoms with E-state index in [0.29, 0.717) is 17.7 Å². The molecule has 2 unspecified atom stereocenters. The number of anilines is 1. The van der Waals surface area contributed by atoms with Gasteiger partial charge >= 0.3 is 5.97 Å². The van der Waals surface area contributed by atoms with Crippen LogP contribution >= 0.6 is 0 Å². The zero-order valence-corrected chi connectivity index (χ0v) is 13.2. The Hall–Kier alpha value is -1.96. The standard InChI is InChI=1S/C15H23N5O3/c1-23-12(21)7-11-17-15(20-19-11)18-14(22)10-5-8-3-2-4-9(6-10)13(8)16/h8-10,13H,2-7,16H2,1H3,(H2,17,18,19,20,22). The minimum absolute atomic E-state index is 0.00179. The molecule has 2 fully saturated rings. The number of ether oxygens (including phenoxy) is 1. The van der Waals surface area contributed by atoms with E-state index in [-0.39, 0.29) is 30.2 Å². The predicted octanol–water partition coefficient (Wildman–Crippen LogP) is 0.612. The van der Waals surface area contributed by atoms with Crippen molar-refractivity contribution in [2.45, 2.75) is 44.6 Å². The third kappa shape index (κ3) is 3.52. The van der Waals surface area contributed by atoms with Gasteiger partial charge in [0.05, 0.1) is 7.11 Å². The molecule has 2 atom stereocenters. The molecule has 1 aromatic heterocycles. The molecule has 4 N–H and O–H groups in total. The number of nitrogens with two attached hydrogens (primary N) is 1. The van der Waals surface area contributed by atoms with E-state index in [1.165, 1.54) is 13.5 Å². The summed E-state index contributed by atoms with van der Waals surface area (Å²) in [6.07, 6.45) is 5.12. The van der Waals surface area contributed by atoms with Crippen LogP contribution in [0.1, 0.15) is 37.9 Å². The van der Waals surface area contributed by atoms with Gasteiger partial charge in [-0.25, -0.2) is 0 Å². The number of hydrogen-bond donors (Lipinski definition) is 3. The molecular formula is C15H23N5O3. The summed E-state index contributed by atoms with van der Waals surface area (Å²) < 4.78 is 4.57. The lowest BCUT2D eigenvalue weighted by Gasteiger charge is -2.43. The fourth-order valence-electron chi connectivity index (χ4n) is 3.85. The molecule has 0 spiro atoms. The van der Waals surface area contributed by atoms with Crippen LogP contribution in [0.3, 0.4) is 0 Å². The van der Waals surface area contributed by atoms with E-state index >= 15 is 0 Å². The van der Waals surface area contributed by atoms with Gasteiger partial charge in [-0.1, -0.05) is 6.42 Å². The molecule has 0 saturated heterocycles. The van der Waals surface area contributed by atoms with Crippen LogP contribution in [0.2, 0.25) is 0 Å². The smallest absolute Gasteiger partial charge is 0.313 e. The maximum Gasteiger partial charge on any atom is 0.313 e. The normalized spacial score (nSPS) is 29.8. The predicted molar refractivity (Wildman–Crippen MR) is 82.3 cm³/mol. The van der Waals surface area contributed by atoms with Crippen LogP contribution in [0.15, 0.2) is 0 Å². The van der Waals surface area contributed by atoms with Gasteiger partial charge in [0, 0.05) is 12.0 Å². The highest BCUT2D eigenvalue weighted by atomic mass is 16.5. The number of carbonyl (C=O) groups excluding carboxylic acids is 2. The minimum atomic E-state index is -0.409. The number of nitrogens with zero attached hydrogens (tertiary/aromatic N) is 2. The lowest BCUT2D eigenvalue weighted by Crippen LogP contribution is -2.48. The third-order valence-electron chi connectivity index (χ3n) is 5.09. The van der Waals surface area contributed by atoms with Gasteiger partial charge in [0.2, 0.25) is 11.9 Å². The first-order valence-electron chi connectivity index (χ1n) is 8.11. The number of aromatic amines is 1. The van der Waals surface area contributed by atoms with Crippen molar-refractivity contribution >= 4 is 17.8 Å². The first-order chi connectivity index (χ1) is 11.1. The van der Waals surface area contributed by atoms with Crippen LogP contribution in [-0.2, 0) is 20.7 Å². The molecule has 2 bridgehead atoms. The lowest BCUT2D eigenvalue weighted by atomic mass is 9.65. The number of methoxy groups -OCH3 is 1. The first kappa shape index (κ1) is 15.9. The van der Waals surface area contributed by atoms with Gasteiger partial charge < -0.3 is 10.5 Å². The summed E-state index contributed by atoms with van der Waals surface area (Å²) in [6.45, 7) is 0. The molecule has 2 saturated carbocycles. The number of nitrogens with one attached hydrogen (secondary N) is 2. The second kappa shape index (κ2) is 6.66. The van der Waals surface area contributed by atoms with Crippen molar-refractivity contribution in [2.24, 2.45) is 23.5 Å². The Morgan fingerprint density at radius 2 is 2.04 bits per heavy atom. The summed E-state index contributed by atoms with van der Waals surface area (Å²) in [5.74, 6) is 0.961. The quantitative estimate of drug-likeness (QED) is 0.698. The number of amides is 1. The van der Waals surface area contributed by atoms with E-state index in [4.69, 9.17) is 5.73 Å². The zero-order valence-electron chi connectivity index (χ0n) is 13.2. The number of hydrogen-bond acceptors (Lipinski definition) is 6. The summed E-state index contributed by atoms with van der Waals surface area (Å²) in [4.78, 5) is 27.7. The lowest BCUT2D eigenvalue weighted by molar-refractivity contribution is -0.139. The van der Waals surface area contributed by atoms with Gasteiger partial charge in [-0.2, -0.15) is 4.98 Å². The monoisotopic (exact) mass is 321 g/mol. The van der Waals surface area contributed by atoms with E-state index in [1.54, 1.807) is 0 Å². The Morgan fingerprint density at radius 3 is 2.70 bits per heavy atom. The molecule has 0 radical (unpaired) electrons. The maximum atomic E-state index is 12.5. The van der Waals surface area contributed by atoms with Gasteiger partial charge in [-0.15, -0.1) is 5.10 Å². The average molecular weight is 321 g/mol. The molecule has 2 aliphatic rings. The van der Waals surface area contributed by atoms with Crippen molar-refractivity contribution in [1.82, 2.24) is 15.2 Å². The second-order valence-corrected chi connectivity index (χ2v) is 6.54. The Morgan fingerprint density at radius 1 is 1.35 bits per heavy atom. The number of esters is 1. The van der Waals surface area contributed by atoms with Crippen molar-refractivity contribution in [3.63, 3.8) is 0 Å². The molecule has 0 aliphatic heterocycles. The van der Waals surface area contributed by atoms with Crippen LogP contribution in [0.5, 0.6) is 0 Å². The average Bonchev–Trinajstić information content (AvgIpc) is 2.93. The summed E-state index contributed by atoms with van der Waals surface area (Å²) >= 11 is 0. The van der Waals surface area contributed by atoms with Crippen LogP contribution < -0.4 is 11.1 Å². The van der Waals surface area contributed by atoms with Crippen molar-refractivity contribution < 1.29 is 14.3 Å². The number of carbonyl (C=O) groups is 2. The number of fused-ring (bicyclic) bond motifs is 2. The molecule has 2 aliphatic carbocycles. The van der Waals surface area contributed by atoms with Gasteiger partial charge in [-0.05, 0) is 37.5 Å². The number of rotatable bonds is 4. The van der Waals surface area contributed by atoms with Crippen LogP contribution in [0.25, 0.3) is 0 Å². The van der Waals surface area contributed by atoms with Gasteiger partial charge in [0.25, 0.3) is 0 Å². The Bertz CT molecular complexity index is 573. The second-order valence-electron chi connectivity index (χ2n) is 6.54. The number of aromatic nitrogens is 3. The molecule has 126 valence electrons. The molecule has 8 heteroatoms. The first-order valence-corrected chi connectivity index (χ1v) is 8.11.